The molecule has 0 aliphatic carbocycles. The van der Waals surface area contributed by atoms with Crippen LogP contribution < -0.4 is 10.1 Å². The van der Waals surface area contributed by atoms with E-state index in [1.807, 2.05) is 18.3 Å². The third-order valence-corrected chi connectivity index (χ3v) is 2.57. The molecule has 0 fully saturated rings. The normalized spacial score (nSPS) is 13.6. The van der Waals surface area contributed by atoms with E-state index in [2.05, 4.69) is 38.0 Å². The predicted octanol–water partition coefficient (Wildman–Crippen LogP) is 2.79. The van der Waals surface area contributed by atoms with Gasteiger partial charge >= 0.3 is 0 Å². The van der Waals surface area contributed by atoms with Crippen LogP contribution in [0.4, 0.5) is 0 Å². The molecule has 0 radical (unpaired) electrons. The molecule has 0 saturated heterocycles. The third kappa shape index (κ3) is 2.95. The Morgan fingerprint density at radius 2 is 2.12 bits per heavy atom. The monoisotopic (exact) mass is 222 g/mol. The first kappa shape index (κ1) is 13.0. The van der Waals surface area contributed by atoms with E-state index in [4.69, 9.17) is 4.74 Å². The minimum Gasteiger partial charge on any atom is -0.495 e. The van der Waals surface area contributed by atoms with Crippen molar-refractivity contribution in [2.45, 2.75) is 33.7 Å². The van der Waals surface area contributed by atoms with E-state index in [9.17, 15) is 0 Å². The zero-order valence-corrected chi connectivity index (χ0v) is 10.9. The van der Waals surface area contributed by atoms with Gasteiger partial charge < -0.3 is 10.1 Å². The van der Waals surface area contributed by atoms with Gasteiger partial charge in [0.05, 0.1) is 18.8 Å². The van der Waals surface area contributed by atoms with Crippen molar-refractivity contribution in [2.24, 2.45) is 5.41 Å². The minimum absolute atomic E-state index is 0.109. The molecule has 1 aromatic rings. The molecule has 1 unspecified atom stereocenters. The minimum atomic E-state index is 0.109. The Morgan fingerprint density at radius 1 is 1.44 bits per heavy atom. The maximum absolute atomic E-state index is 5.37. The van der Waals surface area contributed by atoms with E-state index in [0.29, 0.717) is 0 Å². The maximum atomic E-state index is 5.37. The van der Waals surface area contributed by atoms with Gasteiger partial charge in [-0.25, -0.2) is 0 Å². The summed E-state index contributed by atoms with van der Waals surface area (Å²) in [6.45, 7) is 9.63. The Balaban J connectivity index is 3.10. The molecule has 0 saturated carbocycles. The van der Waals surface area contributed by atoms with Gasteiger partial charge in [0.2, 0.25) is 0 Å². The summed E-state index contributed by atoms with van der Waals surface area (Å²) in [4.78, 5) is 4.45. The molecule has 90 valence electrons. The Hall–Kier alpha value is -1.09. The molecule has 1 rings (SSSR count). The second kappa shape index (κ2) is 5.30. The Morgan fingerprint density at radius 3 is 2.62 bits per heavy atom. The predicted molar refractivity (Wildman–Crippen MR) is 66.7 cm³/mol. The van der Waals surface area contributed by atoms with Crippen LogP contribution in [0.25, 0.3) is 0 Å². The number of ether oxygens (including phenoxy) is 1. The van der Waals surface area contributed by atoms with E-state index in [1.165, 1.54) is 0 Å². The number of hydrogen-bond donors (Lipinski definition) is 1. The summed E-state index contributed by atoms with van der Waals surface area (Å²) in [5.74, 6) is 0.850. The first-order valence-corrected chi connectivity index (χ1v) is 5.73. The van der Waals surface area contributed by atoms with Crippen LogP contribution in [-0.2, 0) is 0 Å². The fraction of sp³-hybridized carbons (Fsp3) is 0.615. The summed E-state index contributed by atoms with van der Waals surface area (Å²) in [7, 11) is 1.69. The van der Waals surface area contributed by atoms with Gasteiger partial charge in [-0.2, -0.15) is 0 Å². The lowest BCUT2D eigenvalue weighted by atomic mass is 9.84. The zero-order valence-electron chi connectivity index (χ0n) is 10.9. The maximum Gasteiger partial charge on any atom is 0.142 e. The molecule has 0 bridgehead atoms. The highest BCUT2D eigenvalue weighted by molar-refractivity contribution is 5.30. The van der Waals surface area contributed by atoms with Crippen molar-refractivity contribution in [1.82, 2.24) is 10.3 Å². The quantitative estimate of drug-likeness (QED) is 0.850. The van der Waals surface area contributed by atoms with E-state index in [1.54, 1.807) is 7.11 Å². The molecule has 1 atom stereocenters. The standard InChI is InChI=1S/C13H22N2O/c1-6-14-12(13(2,3)4)11-10(16-5)8-7-9-15-11/h7-9,12,14H,6H2,1-5H3. The van der Waals surface area contributed by atoms with Crippen molar-refractivity contribution in [3.63, 3.8) is 0 Å². The van der Waals surface area contributed by atoms with E-state index in [0.717, 1.165) is 18.0 Å². The summed E-state index contributed by atoms with van der Waals surface area (Å²) < 4.78 is 5.37. The molecule has 0 amide bonds. The lowest BCUT2D eigenvalue weighted by molar-refractivity contribution is 0.262. The summed E-state index contributed by atoms with van der Waals surface area (Å²) in [5, 5.41) is 3.47. The molecule has 0 aromatic carbocycles. The first-order valence-electron chi connectivity index (χ1n) is 5.73. The second-order valence-corrected chi connectivity index (χ2v) is 4.95. The van der Waals surface area contributed by atoms with Crippen LogP contribution in [-0.4, -0.2) is 18.6 Å². The van der Waals surface area contributed by atoms with Crippen molar-refractivity contribution in [3.05, 3.63) is 24.0 Å². The summed E-state index contributed by atoms with van der Waals surface area (Å²) in [6.07, 6.45) is 1.81. The summed E-state index contributed by atoms with van der Waals surface area (Å²) in [5.41, 5.74) is 1.09. The molecule has 1 aromatic heterocycles. The highest BCUT2D eigenvalue weighted by Crippen LogP contribution is 2.35. The van der Waals surface area contributed by atoms with Crippen LogP contribution in [0.3, 0.4) is 0 Å². The fourth-order valence-electron chi connectivity index (χ4n) is 1.81. The SMILES string of the molecule is CCNC(c1ncccc1OC)C(C)(C)C. The van der Waals surface area contributed by atoms with Crippen LogP contribution >= 0.6 is 0 Å². The van der Waals surface area contributed by atoms with E-state index >= 15 is 0 Å². The number of nitrogens with zero attached hydrogens (tertiary/aromatic N) is 1. The molecule has 3 nitrogen and oxygen atoms in total. The molecular weight excluding hydrogens is 200 g/mol. The fourth-order valence-corrected chi connectivity index (χ4v) is 1.81. The summed E-state index contributed by atoms with van der Waals surface area (Å²) in [6, 6.07) is 4.06. The van der Waals surface area contributed by atoms with Crippen molar-refractivity contribution < 1.29 is 4.74 Å². The lowest BCUT2D eigenvalue weighted by Crippen LogP contribution is -2.33. The van der Waals surface area contributed by atoms with Crippen molar-refractivity contribution in [1.29, 1.82) is 0 Å². The lowest BCUT2D eigenvalue weighted by Gasteiger charge is -2.31. The number of aromatic nitrogens is 1. The topological polar surface area (TPSA) is 34.2 Å². The van der Waals surface area contributed by atoms with Gasteiger partial charge in [-0.05, 0) is 24.1 Å². The summed E-state index contributed by atoms with van der Waals surface area (Å²) >= 11 is 0. The van der Waals surface area contributed by atoms with Gasteiger partial charge in [0.15, 0.2) is 0 Å². The average molecular weight is 222 g/mol. The highest BCUT2D eigenvalue weighted by Gasteiger charge is 2.28. The highest BCUT2D eigenvalue weighted by atomic mass is 16.5. The van der Waals surface area contributed by atoms with Crippen LogP contribution in [0.1, 0.15) is 39.4 Å². The second-order valence-electron chi connectivity index (χ2n) is 4.95. The van der Waals surface area contributed by atoms with Crippen LogP contribution in [0, 0.1) is 5.41 Å². The largest absolute Gasteiger partial charge is 0.495 e. The number of rotatable bonds is 4. The Bertz CT molecular complexity index is 331. The molecule has 1 N–H and O–H groups in total. The third-order valence-electron chi connectivity index (χ3n) is 2.57. The van der Waals surface area contributed by atoms with Gasteiger partial charge in [0.25, 0.3) is 0 Å². The van der Waals surface area contributed by atoms with Crippen molar-refractivity contribution in [2.75, 3.05) is 13.7 Å². The number of pyridine rings is 1. The first-order chi connectivity index (χ1) is 7.50. The number of nitrogens with one attached hydrogen (secondary N) is 1. The molecule has 16 heavy (non-hydrogen) atoms. The molecule has 0 spiro atoms. The number of hydrogen-bond acceptors (Lipinski definition) is 3. The molecule has 0 aliphatic heterocycles. The van der Waals surface area contributed by atoms with E-state index in [-0.39, 0.29) is 11.5 Å². The van der Waals surface area contributed by atoms with Crippen molar-refractivity contribution in [3.8, 4) is 5.75 Å². The molecule has 1 heterocycles. The van der Waals surface area contributed by atoms with Crippen LogP contribution in [0.5, 0.6) is 5.75 Å². The van der Waals surface area contributed by atoms with Gasteiger partial charge in [0, 0.05) is 6.20 Å². The molecule has 0 aliphatic rings. The smallest absolute Gasteiger partial charge is 0.142 e. The number of methoxy groups -OCH3 is 1. The Labute approximate surface area is 98.2 Å². The van der Waals surface area contributed by atoms with Crippen molar-refractivity contribution >= 4 is 0 Å². The molecule has 3 heteroatoms. The van der Waals surface area contributed by atoms with Gasteiger partial charge in [0.1, 0.15) is 5.75 Å². The van der Waals surface area contributed by atoms with Gasteiger partial charge in [-0.1, -0.05) is 27.7 Å². The average Bonchev–Trinajstić information content (AvgIpc) is 2.24. The van der Waals surface area contributed by atoms with Crippen LogP contribution in [0.15, 0.2) is 18.3 Å². The zero-order chi connectivity index (χ0) is 12.2. The Kier molecular flexibility index (Phi) is 4.30. The van der Waals surface area contributed by atoms with Crippen LogP contribution in [0.2, 0.25) is 0 Å². The van der Waals surface area contributed by atoms with Gasteiger partial charge in [-0.15, -0.1) is 0 Å². The molecular formula is C13H22N2O. The van der Waals surface area contributed by atoms with E-state index < -0.39 is 0 Å². The van der Waals surface area contributed by atoms with Gasteiger partial charge in [-0.3, -0.25) is 4.98 Å².